The van der Waals surface area contributed by atoms with Gasteiger partial charge in [0.2, 0.25) is 0 Å². The molecule has 0 saturated carbocycles. The molecule has 0 radical (unpaired) electrons. The number of esters is 3. The maximum atomic E-state index is 12.9. The fourth-order valence-electron chi connectivity index (χ4n) is 11.0. The summed E-state index contributed by atoms with van der Waals surface area (Å²) in [6.45, 7) is 6.73. The molecule has 0 rings (SSSR count). The van der Waals surface area contributed by atoms with Crippen LogP contribution in [0.1, 0.15) is 406 Å². The molecule has 0 saturated heterocycles. The first-order valence-corrected chi connectivity index (χ1v) is 35.2. The fraction of sp³-hybridized carbons (Fsp3) is 0.930. The number of allylic oxidation sites excluding steroid dienone is 2. The van der Waals surface area contributed by atoms with E-state index in [9.17, 15) is 14.4 Å². The Hall–Kier alpha value is -1.85. The lowest BCUT2D eigenvalue weighted by molar-refractivity contribution is -0.167. The van der Waals surface area contributed by atoms with Crippen LogP contribution in [-0.2, 0) is 28.6 Å². The average molecular weight is 1090 g/mol. The smallest absolute Gasteiger partial charge is 0.306 e. The first-order valence-electron chi connectivity index (χ1n) is 35.2. The summed E-state index contributed by atoms with van der Waals surface area (Å²) in [5.41, 5.74) is 0. The Morgan fingerprint density at radius 2 is 0.429 bits per heavy atom. The number of rotatable bonds is 66. The summed E-state index contributed by atoms with van der Waals surface area (Å²) in [5, 5.41) is 0. The SMILES string of the molecule is CCCCCCCCCC/C=C\CCCCCCCCCCCCCCCCCCCC(=O)OCC(COC(=O)CCCCCCCCCCCCCCCCC)OC(=O)CCCCCCCCCCCCCCCCC. The molecule has 0 fully saturated rings. The highest BCUT2D eigenvalue weighted by Gasteiger charge is 2.19. The van der Waals surface area contributed by atoms with Crippen molar-refractivity contribution in [3.8, 4) is 0 Å². The van der Waals surface area contributed by atoms with Crippen molar-refractivity contribution in [3.05, 3.63) is 12.2 Å². The summed E-state index contributed by atoms with van der Waals surface area (Å²) < 4.78 is 17.0. The maximum absolute atomic E-state index is 12.9. The van der Waals surface area contributed by atoms with Gasteiger partial charge in [-0.15, -0.1) is 0 Å². The zero-order valence-electron chi connectivity index (χ0n) is 52.5. The minimum absolute atomic E-state index is 0.0620. The molecule has 0 bridgehead atoms. The van der Waals surface area contributed by atoms with Gasteiger partial charge < -0.3 is 14.2 Å². The lowest BCUT2D eigenvalue weighted by Crippen LogP contribution is -2.30. The zero-order chi connectivity index (χ0) is 55.7. The Labute approximate surface area is 481 Å². The number of hydrogen-bond donors (Lipinski definition) is 0. The summed E-state index contributed by atoms with van der Waals surface area (Å²) >= 11 is 0. The van der Waals surface area contributed by atoms with Gasteiger partial charge in [-0.1, -0.05) is 354 Å². The summed E-state index contributed by atoms with van der Waals surface area (Å²) in [4.78, 5) is 38.4. The number of carbonyl (C=O) groups excluding carboxylic acids is 3. The van der Waals surface area contributed by atoms with Gasteiger partial charge in [0.1, 0.15) is 13.2 Å². The van der Waals surface area contributed by atoms with Gasteiger partial charge in [-0.25, -0.2) is 0 Å². The monoisotopic (exact) mass is 1090 g/mol. The van der Waals surface area contributed by atoms with Crippen LogP contribution < -0.4 is 0 Å². The van der Waals surface area contributed by atoms with Crippen molar-refractivity contribution in [2.24, 2.45) is 0 Å². The van der Waals surface area contributed by atoms with Gasteiger partial charge in [0.15, 0.2) is 6.10 Å². The minimum atomic E-state index is -0.764. The number of hydrogen-bond acceptors (Lipinski definition) is 6. The molecule has 0 aromatic carbocycles. The van der Waals surface area contributed by atoms with E-state index in [1.54, 1.807) is 0 Å². The molecular weight excluding hydrogens is 949 g/mol. The molecule has 456 valence electrons. The maximum Gasteiger partial charge on any atom is 0.306 e. The molecule has 0 heterocycles. The van der Waals surface area contributed by atoms with Crippen LogP contribution in [0.25, 0.3) is 0 Å². The Morgan fingerprint density at radius 3 is 0.649 bits per heavy atom. The topological polar surface area (TPSA) is 78.9 Å². The Bertz CT molecular complexity index is 1200. The van der Waals surface area contributed by atoms with Gasteiger partial charge in [-0.05, 0) is 44.9 Å². The highest BCUT2D eigenvalue weighted by molar-refractivity contribution is 5.71. The third-order valence-electron chi connectivity index (χ3n) is 16.3. The Morgan fingerprint density at radius 1 is 0.247 bits per heavy atom. The van der Waals surface area contributed by atoms with Crippen LogP contribution in [0.4, 0.5) is 0 Å². The summed E-state index contributed by atoms with van der Waals surface area (Å²) in [5.74, 6) is -0.826. The van der Waals surface area contributed by atoms with Crippen LogP contribution in [0, 0.1) is 0 Å². The molecule has 0 aliphatic heterocycles. The van der Waals surface area contributed by atoms with Gasteiger partial charge in [-0.2, -0.15) is 0 Å². The molecule has 0 aliphatic rings. The molecule has 1 unspecified atom stereocenters. The van der Waals surface area contributed by atoms with Crippen molar-refractivity contribution in [2.75, 3.05) is 13.2 Å². The van der Waals surface area contributed by atoms with Crippen molar-refractivity contribution < 1.29 is 28.6 Å². The molecule has 0 aromatic heterocycles. The standard InChI is InChI=1S/C71H136O6/c1-4-7-10-13-16-19-22-25-28-29-30-31-32-33-34-35-36-37-38-39-40-41-44-46-49-52-55-58-61-64-70(73)76-67-68(77-71(74)65-62-59-56-53-50-47-43-27-24-21-18-15-12-9-6-3)66-75-69(72)63-60-57-54-51-48-45-42-26-23-20-17-14-11-8-5-2/h29-30,68H,4-28,31-67H2,1-3H3/b30-29-. The van der Waals surface area contributed by atoms with E-state index >= 15 is 0 Å². The molecule has 77 heavy (non-hydrogen) atoms. The van der Waals surface area contributed by atoms with E-state index in [-0.39, 0.29) is 31.1 Å². The van der Waals surface area contributed by atoms with Crippen LogP contribution in [0.15, 0.2) is 12.2 Å². The highest BCUT2D eigenvalue weighted by atomic mass is 16.6. The van der Waals surface area contributed by atoms with Crippen molar-refractivity contribution in [3.63, 3.8) is 0 Å². The van der Waals surface area contributed by atoms with Crippen LogP contribution in [0.5, 0.6) is 0 Å². The van der Waals surface area contributed by atoms with E-state index < -0.39 is 6.10 Å². The van der Waals surface area contributed by atoms with E-state index in [0.717, 1.165) is 57.8 Å². The van der Waals surface area contributed by atoms with E-state index in [4.69, 9.17) is 14.2 Å². The second-order valence-electron chi connectivity index (χ2n) is 24.2. The van der Waals surface area contributed by atoms with E-state index in [2.05, 4.69) is 32.9 Å². The van der Waals surface area contributed by atoms with Gasteiger partial charge in [0.05, 0.1) is 0 Å². The fourth-order valence-corrected chi connectivity index (χ4v) is 11.0. The minimum Gasteiger partial charge on any atom is -0.462 e. The molecule has 6 heteroatoms. The first kappa shape index (κ1) is 75.2. The van der Waals surface area contributed by atoms with Crippen LogP contribution in [0.2, 0.25) is 0 Å². The van der Waals surface area contributed by atoms with Crippen molar-refractivity contribution >= 4 is 17.9 Å². The van der Waals surface area contributed by atoms with Crippen LogP contribution in [-0.4, -0.2) is 37.2 Å². The molecule has 6 nitrogen and oxygen atoms in total. The first-order chi connectivity index (χ1) is 38.0. The zero-order valence-corrected chi connectivity index (χ0v) is 52.5. The summed E-state index contributed by atoms with van der Waals surface area (Å²) in [6.07, 6.45) is 79.6. The molecular formula is C71H136O6. The molecule has 1 atom stereocenters. The van der Waals surface area contributed by atoms with Gasteiger partial charge >= 0.3 is 17.9 Å². The second kappa shape index (κ2) is 66.7. The molecule has 0 N–H and O–H groups in total. The molecule has 0 spiro atoms. The van der Waals surface area contributed by atoms with Gasteiger partial charge in [-0.3, -0.25) is 14.4 Å². The highest BCUT2D eigenvalue weighted by Crippen LogP contribution is 2.19. The van der Waals surface area contributed by atoms with Crippen LogP contribution >= 0.6 is 0 Å². The number of carbonyl (C=O) groups is 3. The Balaban J connectivity index is 4.15. The molecule has 0 aliphatic carbocycles. The number of unbranched alkanes of at least 4 members (excludes halogenated alkanes) is 53. The predicted molar refractivity (Wildman–Crippen MR) is 335 cm³/mol. The van der Waals surface area contributed by atoms with Crippen molar-refractivity contribution in [2.45, 2.75) is 412 Å². The quantitative estimate of drug-likeness (QED) is 0.0261. The largest absolute Gasteiger partial charge is 0.462 e. The average Bonchev–Trinajstić information content (AvgIpc) is 3.43. The summed E-state index contributed by atoms with van der Waals surface area (Å²) in [7, 11) is 0. The van der Waals surface area contributed by atoms with Gasteiger partial charge in [0, 0.05) is 19.3 Å². The van der Waals surface area contributed by atoms with Gasteiger partial charge in [0.25, 0.3) is 0 Å². The van der Waals surface area contributed by atoms with Crippen molar-refractivity contribution in [1.29, 1.82) is 0 Å². The van der Waals surface area contributed by atoms with E-state index in [0.29, 0.717) is 19.3 Å². The normalized spacial score (nSPS) is 12.0. The van der Waals surface area contributed by atoms with E-state index in [1.165, 1.54) is 308 Å². The van der Waals surface area contributed by atoms with E-state index in [1.807, 2.05) is 0 Å². The Kier molecular flexibility index (Phi) is 65.1. The molecule has 0 aromatic rings. The molecule has 0 amide bonds. The summed E-state index contributed by atoms with van der Waals surface area (Å²) in [6, 6.07) is 0. The lowest BCUT2D eigenvalue weighted by Gasteiger charge is -2.18. The number of ether oxygens (including phenoxy) is 3. The predicted octanol–water partition coefficient (Wildman–Crippen LogP) is 24.0. The lowest BCUT2D eigenvalue weighted by atomic mass is 10.0. The second-order valence-corrected chi connectivity index (χ2v) is 24.2. The van der Waals surface area contributed by atoms with Crippen molar-refractivity contribution in [1.82, 2.24) is 0 Å². The third-order valence-corrected chi connectivity index (χ3v) is 16.3. The van der Waals surface area contributed by atoms with Crippen LogP contribution in [0.3, 0.4) is 0 Å². The third kappa shape index (κ3) is 64.9.